The maximum Gasteiger partial charge on any atom is 0.0471 e. The van der Waals surface area contributed by atoms with Gasteiger partial charge in [0.1, 0.15) is 0 Å². The van der Waals surface area contributed by atoms with Crippen molar-refractivity contribution in [1.82, 2.24) is 4.90 Å². The lowest BCUT2D eigenvalue weighted by Gasteiger charge is -2.34. The second-order valence-electron chi connectivity index (χ2n) is 4.89. The Labute approximate surface area is 114 Å². The fourth-order valence-corrected chi connectivity index (χ4v) is 3.31. The zero-order valence-corrected chi connectivity index (χ0v) is 12.1. The van der Waals surface area contributed by atoms with Gasteiger partial charge in [-0.25, -0.2) is 0 Å². The highest BCUT2D eigenvalue weighted by Crippen LogP contribution is 2.24. The molecule has 0 aromatic heterocycles. The third-order valence-electron chi connectivity index (χ3n) is 3.50. The van der Waals surface area contributed by atoms with Crippen LogP contribution in [0.3, 0.4) is 0 Å². The van der Waals surface area contributed by atoms with Crippen LogP contribution in [0.4, 0.5) is 5.69 Å². The summed E-state index contributed by atoms with van der Waals surface area (Å²) in [5, 5.41) is 0. The molecule has 18 heavy (non-hydrogen) atoms. The average Bonchev–Trinajstić information content (AvgIpc) is 2.41. The Bertz CT molecular complexity index is 358. The van der Waals surface area contributed by atoms with E-state index in [0.717, 1.165) is 13.1 Å². The van der Waals surface area contributed by atoms with Gasteiger partial charge in [-0.15, -0.1) is 0 Å². The number of rotatable bonds is 4. The summed E-state index contributed by atoms with van der Waals surface area (Å²) in [6.45, 7) is 3.01. The molecule has 0 radical (unpaired) electrons. The lowest BCUT2D eigenvalue weighted by molar-refractivity contribution is 0.223. The molecule has 0 saturated carbocycles. The van der Waals surface area contributed by atoms with E-state index >= 15 is 0 Å². The summed E-state index contributed by atoms with van der Waals surface area (Å²) in [5.41, 5.74) is 8.56. The molecule has 1 unspecified atom stereocenters. The Morgan fingerprint density at radius 3 is 2.33 bits per heavy atom. The van der Waals surface area contributed by atoms with E-state index in [1.807, 2.05) is 11.8 Å². The van der Waals surface area contributed by atoms with Gasteiger partial charge in [-0.2, -0.15) is 11.8 Å². The fourth-order valence-electron chi connectivity index (χ4n) is 2.38. The van der Waals surface area contributed by atoms with E-state index in [9.17, 15) is 0 Å². The molecule has 0 aliphatic carbocycles. The first-order valence-electron chi connectivity index (χ1n) is 6.51. The largest absolute Gasteiger partial charge is 0.378 e. The molecule has 1 heterocycles. The number of nitrogens with two attached hydrogens (primary N) is 1. The molecule has 100 valence electrons. The van der Waals surface area contributed by atoms with Crippen molar-refractivity contribution in [3.05, 3.63) is 29.8 Å². The van der Waals surface area contributed by atoms with Crippen LogP contribution in [-0.2, 0) is 0 Å². The van der Waals surface area contributed by atoms with Gasteiger partial charge in [-0.05, 0) is 17.7 Å². The molecular formula is C14H23N3S. The molecule has 0 spiro atoms. The molecule has 1 aromatic carbocycles. The van der Waals surface area contributed by atoms with Crippen LogP contribution in [0.1, 0.15) is 11.6 Å². The third-order valence-corrected chi connectivity index (χ3v) is 4.45. The van der Waals surface area contributed by atoms with Crippen molar-refractivity contribution in [3.8, 4) is 0 Å². The summed E-state index contributed by atoms with van der Waals surface area (Å²) in [4.78, 5) is 4.64. The van der Waals surface area contributed by atoms with Crippen molar-refractivity contribution < 1.29 is 0 Å². The Hall–Kier alpha value is -0.710. The van der Waals surface area contributed by atoms with Crippen molar-refractivity contribution in [2.75, 3.05) is 50.1 Å². The summed E-state index contributed by atoms with van der Waals surface area (Å²) < 4.78 is 0. The predicted octanol–water partition coefficient (Wildman–Crippen LogP) is 1.80. The average molecular weight is 265 g/mol. The second-order valence-corrected chi connectivity index (χ2v) is 6.11. The van der Waals surface area contributed by atoms with E-state index < -0.39 is 0 Å². The van der Waals surface area contributed by atoms with Gasteiger partial charge in [0.15, 0.2) is 0 Å². The van der Waals surface area contributed by atoms with Crippen LogP contribution >= 0.6 is 11.8 Å². The summed E-state index contributed by atoms with van der Waals surface area (Å²) in [6, 6.07) is 9.17. The molecule has 1 aromatic rings. The Morgan fingerprint density at radius 2 is 1.83 bits per heavy atom. The number of anilines is 1. The zero-order chi connectivity index (χ0) is 13.0. The highest BCUT2D eigenvalue weighted by atomic mass is 32.2. The summed E-state index contributed by atoms with van der Waals surface area (Å²) >= 11 is 2.04. The van der Waals surface area contributed by atoms with Crippen molar-refractivity contribution in [2.45, 2.75) is 6.04 Å². The number of benzene rings is 1. The molecule has 1 fully saturated rings. The minimum absolute atomic E-state index is 0.377. The van der Waals surface area contributed by atoms with Crippen LogP contribution in [0, 0.1) is 0 Å². The molecule has 4 heteroatoms. The van der Waals surface area contributed by atoms with Gasteiger partial charge < -0.3 is 10.6 Å². The SMILES string of the molecule is CN(C)c1ccc(C(CN)N2CCSCC2)cc1. The first-order valence-corrected chi connectivity index (χ1v) is 7.67. The Balaban J connectivity index is 2.11. The Morgan fingerprint density at radius 1 is 1.22 bits per heavy atom. The maximum atomic E-state index is 5.97. The molecule has 1 aliphatic heterocycles. The minimum atomic E-state index is 0.377. The highest BCUT2D eigenvalue weighted by Gasteiger charge is 2.20. The third kappa shape index (κ3) is 3.19. The van der Waals surface area contributed by atoms with E-state index in [1.165, 1.54) is 22.8 Å². The topological polar surface area (TPSA) is 32.5 Å². The van der Waals surface area contributed by atoms with Crippen LogP contribution in [-0.4, -0.2) is 50.1 Å². The fraction of sp³-hybridized carbons (Fsp3) is 0.571. The summed E-state index contributed by atoms with van der Waals surface area (Å²) in [7, 11) is 4.13. The molecule has 2 rings (SSSR count). The van der Waals surface area contributed by atoms with Crippen LogP contribution < -0.4 is 10.6 Å². The monoisotopic (exact) mass is 265 g/mol. The van der Waals surface area contributed by atoms with Crippen LogP contribution in [0.2, 0.25) is 0 Å². The van der Waals surface area contributed by atoms with Gasteiger partial charge in [-0.3, -0.25) is 4.90 Å². The first kappa shape index (κ1) is 13.7. The number of nitrogens with zero attached hydrogens (tertiary/aromatic N) is 2. The predicted molar refractivity (Wildman–Crippen MR) is 81.5 cm³/mol. The molecule has 2 N–H and O–H groups in total. The van der Waals surface area contributed by atoms with Crippen LogP contribution in [0.25, 0.3) is 0 Å². The van der Waals surface area contributed by atoms with Crippen LogP contribution in [0.5, 0.6) is 0 Å². The quantitative estimate of drug-likeness (QED) is 0.900. The number of thioether (sulfide) groups is 1. The second kappa shape index (κ2) is 6.45. The Kier molecular flexibility index (Phi) is 4.92. The molecule has 0 amide bonds. The van der Waals surface area contributed by atoms with Gasteiger partial charge >= 0.3 is 0 Å². The van der Waals surface area contributed by atoms with Crippen molar-refractivity contribution in [1.29, 1.82) is 0 Å². The van der Waals surface area contributed by atoms with E-state index in [2.05, 4.69) is 48.2 Å². The molecular weight excluding hydrogens is 242 g/mol. The molecule has 1 saturated heterocycles. The minimum Gasteiger partial charge on any atom is -0.378 e. The molecule has 3 nitrogen and oxygen atoms in total. The van der Waals surface area contributed by atoms with Crippen molar-refractivity contribution in [3.63, 3.8) is 0 Å². The van der Waals surface area contributed by atoms with E-state index in [1.54, 1.807) is 0 Å². The molecule has 1 atom stereocenters. The van der Waals surface area contributed by atoms with Gasteiger partial charge in [0, 0.05) is 57.0 Å². The van der Waals surface area contributed by atoms with Gasteiger partial charge in [-0.1, -0.05) is 12.1 Å². The lowest BCUT2D eigenvalue weighted by atomic mass is 10.0. The lowest BCUT2D eigenvalue weighted by Crippen LogP contribution is -2.39. The summed E-state index contributed by atoms with van der Waals surface area (Å²) in [5.74, 6) is 2.46. The maximum absolute atomic E-state index is 5.97. The highest BCUT2D eigenvalue weighted by molar-refractivity contribution is 7.99. The van der Waals surface area contributed by atoms with E-state index in [4.69, 9.17) is 5.73 Å². The van der Waals surface area contributed by atoms with Crippen molar-refractivity contribution >= 4 is 17.4 Å². The smallest absolute Gasteiger partial charge is 0.0471 e. The standard InChI is InChI=1S/C14H23N3S/c1-16(2)13-5-3-12(4-6-13)14(11-15)17-7-9-18-10-8-17/h3-6,14H,7-11,15H2,1-2H3. The molecule has 0 bridgehead atoms. The zero-order valence-electron chi connectivity index (χ0n) is 11.3. The normalized spacial score (nSPS) is 18.6. The van der Waals surface area contributed by atoms with Gasteiger partial charge in [0.2, 0.25) is 0 Å². The van der Waals surface area contributed by atoms with Crippen molar-refractivity contribution in [2.24, 2.45) is 5.73 Å². The van der Waals surface area contributed by atoms with Gasteiger partial charge in [0.25, 0.3) is 0 Å². The summed E-state index contributed by atoms with van der Waals surface area (Å²) in [6.07, 6.45) is 0. The van der Waals surface area contributed by atoms with E-state index in [0.29, 0.717) is 12.6 Å². The van der Waals surface area contributed by atoms with Gasteiger partial charge in [0.05, 0.1) is 0 Å². The first-order chi connectivity index (χ1) is 8.72. The van der Waals surface area contributed by atoms with E-state index in [-0.39, 0.29) is 0 Å². The molecule has 1 aliphatic rings. The number of hydrogen-bond donors (Lipinski definition) is 1. The van der Waals surface area contributed by atoms with Crippen LogP contribution in [0.15, 0.2) is 24.3 Å². The number of hydrogen-bond acceptors (Lipinski definition) is 4.